The summed E-state index contributed by atoms with van der Waals surface area (Å²) in [5, 5.41) is 9.84. The van der Waals surface area contributed by atoms with E-state index in [0.717, 1.165) is 36.3 Å². The fourth-order valence-electron chi connectivity index (χ4n) is 4.40. The summed E-state index contributed by atoms with van der Waals surface area (Å²) in [4.78, 5) is 15.0. The molecule has 9 heteroatoms. The van der Waals surface area contributed by atoms with Gasteiger partial charge in [0.1, 0.15) is 11.5 Å². The fourth-order valence-corrected chi connectivity index (χ4v) is 7.20. The molecule has 2 aromatic rings. The smallest absolute Gasteiger partial charge is 0.343 e. The van der Waals surface area contributed by atoms with E-state index >= 15 is 0 Å². The number of esters is 1. The summed E-state index contributed by atoms with van der Waals surface area (Å²) in [7, 11) is -1.87. The van der Waals surface area contributed by atoms with Crippen LogP contribution in [0.15, 0.2) is 46.2 Å². The number of carbonyl (C=O) groups excluding carboxylic acids is 1. The van der Waals surface area contributed by atoms with Crippen LogP contribution in [0.25, 0.3) is 0 Å². The van der Waals surface area contributed by atoms with Crippen LogP contribution in [-0.4, -0.2) is 52.5 Å². The summed E-state index contributed by atoms with van der Waals surface area (Å²) in [5.41, 5.74) is 1.26. The predicted molar refractivity (Wildman–Crippen MR) is 139 cm³/mol. The molecule has 2 aromatic carbocycles. The fraction of sp³-hybridized carbons (Fsp3) is 0.480. The Bertz CT molecular complexity index is 998. The number of phenols is 1. The van der Waals surface area contributed by atoms with E-state index in [2.05, 4.69) is 23.5 Å². The number of methoxy groups -OCH3 is 1. The van der Waals surface area contributed by atoms with Gasteiger partial charge in [-0.25, -0.2) is 4.79 Å². The van der Waals surface area contributed by atoms with Crippen LogP contribution in [0.4, 0.5) is 11.4 Å². The van der Waals surface area contributed by atoms with Crippen molar-refractivity contribution in [3.63, 3.8) is 0 Å². The van der Waals surface area contributed by atoms with E-state index in [1.54, 1.807) is 18.2 Å². The number of benzene rings is 2. The maximum absolute atomic E-state index is 11.7. The Balaban J connectivity index is 2.19. The van der Waals surface area contributed by atoms with Gasteiger partial charge in [-0.15, -0.1) is 11.8 Å². The second kappa shape index (κ2) is 11.1. The third-order valence-corrected chi connectivity index (χ3v) is 9.24. The lowest BCUT2D eigenvalue weighted by Crippen LogP contribution is -2.37. The van der Waals surface area contributed by atoms with Crippen LogP contribution in [0.2, 0.25) is 0 Å². The zero-order valence-electron chi connectivity index (χ0n) is 20.2. The van der Waals surface area contributed by atoms with Gasteiger partial charge in [-0.05, 0) is 49.4 Å². The highest BCUT2D eigenvalue weighted by Gasteiger charge is 2.42. The third kappa shape index (κ3) is 5.76. The first-order valence-corrected chi connectivity index (χ1v) is 14.4. The SMILES string of the molecule is CCCCC1(CC)CN(c2ccc(O)cc2)c2cc(SC)c(OCC(=O)OC)cc2S(O)(O)C1. The van der Waals surface area contributed by atoms with E-state index in [-0.39, 0.29) is 23.5 Å². The van der Waals surface area contributed by atoms with Gasteiger partial charge in [-0.1, -0.05) is 26.7 Å². The van der Waals surface area contributed by atoms with E-state index in [1.807, 2.05) is 24.5 Å². The summed E-state index contributed by atoms with van der Waals surface area (Å²) in [6.45, 7) is 4.60. The number of hydrogen-bond acceptors (Lipinski definition) is 8. The standard InChI is InChI=1S/C25H35NO6S2/c1-5-7-12-25(6-2)16-26(18-8-10-19(27)11-9-18)20-13-22(33-4)21(32-15-24(28)31-3)14-23(20)34(29,30)17-25/h8-11,13-14,27,29-30H,5-7,12,15-17H2,1-4H3. The summed E-state index contributed by atoms with van der Waals surface area (Å²) in [6.07, 6.45) is 5.60. The van der Waals surface area contributed by atoms with Crippen LogP contribution < -0.4 is 9.64 Å². The highest BCUT2D eigenvalue weighted by Crippen LogP contribution is 2.62. The van der Waals surface area contributed by atoms with Crippen molar-refractivity contribution in [1.82, 2.24) is 0 Å². The first kappa shape index (κ1) is 26.5. The quantitative estimate of drug-likeness (QED) is 0.260. The number of hydrogen-bond donors (Lipinski definition) is 3. The maximum Gasteiger partial charge on any atom is 0.343 e. The zero-order valence-corrected chi connectivity index (χ0v) is 21.9. The van der Waals surface area contributed by atoms with Crippen LogP contribution in [0.1, 0.15) is 39.5 Å². The van der Waals surface area contributed by atoms with Crippen LogP contribution in [0, 0.1) is 5.41 Å². The molecule has 188 valence electrons. The Labute approximate surface area is 207 Å². The van der Waals surface area contributed by atoms with Crippen LogP contribution >= 0.6 is 22.4 Å². The average molecular weight is 510 g/mol. The van der Waals surface area contributed by atoms with Crippen LogP contribution in [0.3, 0.4) is 0 Å². The monoisotopic (exact) mass is 509 g/mol. The number of thioether (sulfide) groups is 1. The lowest BCUT2D eigenvalue weighted by atomic mass is 9.81. The molecule has 1 atom stereocenters. The molecule has 1 heterocycles. The summed E-state index contributed by atoms with van der Waals surface area (Å²) < 4.78 is 33.4. The van der Waals surface area contributed by atoms with E-state index in [0.29, 0.717) is 22.9 Å². The number of nitrogens with zero attached hydrogens (tertiary/aromatic N) is 1. The molecule has 0 saturated carbocycles. The second-order valence-electron chi connectivity index (χ2n) is 8.71. The van der Waals surface area contributed by atoms with E-state index in [4.69, 9.17) is 4.74 Å². The average Bonchev–Trinajstić information content (AvgIpc) is 2.93. The van der Waals surface area contributed by atoms with Crippen molar-refractivity contribution in [2.45, 2.75) is 49.3 Å². The van der Waals surface area contributed by atoms with Gasteiger partial charge in [0.05, 0.1) is 22.6 Å². The molecule has 1 unspecified atom stereocenters. The number of aromatic hydroxyl groups is 1. The van der Waals surface area contributed by atoms with E-state index in [9.17, 15) is 19.0 Å². The van der Waals surface area contributed by atoms with Crippen molar-refractivity contribution < 1.29 is 28.5 Å². The molecule has 0 saturated heterocycles. The molecule has 3 rings (SSSR count). The molecule has 1 aliphatic rings. The van der Waals surface area contributed by atoms with Gasteiger partial charge in [0.25, 0.3) is 0 Å². The minimum atomic E-state index is -3.17. The molecule has 0 fully saturated rings. The molecule has 0 bridgehead atoms. The molecule has 0 amide bonds. The van der Waals surface area contributed by atoms with Gasteiger partial charge in [-0.2, -0.15) is 10.6 Å². The van der Waals surface area contributed by atoms with Crippen LogP contribution in [-0.2, 0) is 9.53 Å². The number of anilines is 2. The lowest BCUT2D eigenvalue weighted by Gasteiger charge is -2.41. The number of rotatable bonds is 9. The van der Waals surface area contributed by atoms with E-state index in [1.165, 1.54) is 18.9 Å². The minimum Gasteiger partial charge on any atom is -0.508 e. The van der Waals surface area contributed by atoms with Crippen molar-refractivity contribution in [1.29, 1.82) is 0 Å². The number of fused-ring (bicyclic) bond motifs is 1. The lowest BCUT2D eigenvalue weighted by molar-refractivity contribution is -0.142. The maximum atomic E-state index is 11.7. The first-order valence-electron chi connectivity index (χ1n) is 11.4. The molecule has 0 aliphatic carbocycles. The summed E-state index contributed by atoms with van der Waals surface area (Å²) in [5.74, 6) is 0.337. The summed E-state index contributed by atoms with van der Waals surface area (Å²) in [6, 6.07) is 10.5. The summed E-state index contributed by atoms with van der Waals surface area (Å²) >= 11 is 1.46. The first-order chi connectivity index (χ1) is 16.2. The van der Waals surface area contributed by atoms with Crippen molar-refractivity contribution in [3.05, 3.63) is 36.4 Å². The Morgan fingerprint density at radius 2 is 1.91 bits per heavy atom. The van der Waals surface area contributed by atoms with Gasteiger partial charge < -0.3 is 19.5 Å². The molecule has 7 nitrogen and oxygen atoms in total. The molecule has 3 N–H and O–H groups in total. The van der Waals surface area contributed by atoms with Crippen molar-refractivity contribution in [2.24, 2.45) is 5.41 Å². The van der Waals surface area contributed by atoms with E-state index < -0.39 is 16.6 Å². The number of ether oxygens (including phenoxy) is 2. The molecule has 0 spiro atoms. The van der Waals surface area contributed by atoms with Gasteiger partial charge in [0.15, 0.2) is 6.61 Å². The second-order valence-corrected chi connectivity index (χ2v) is 11.6. The zero-order chi connectivity index (χ0) is 24.9. The molecule has 0 aromatic heterocycles. The highest BCUT2D eigenvalue weighted by atomic mass is 32.3. The molecule has 34 heavy (non-hydrogen) atoms. The number of carbonyl (C=O) groups is 1. The molecule has 0 radical (unpaired) electrons. The Morgan fingerprint density at radius 3 is 2.50 bits per heavy atom. The van der Waals surface area contributed by atoms with Crippen molar-refractivity contribution in [3.8, 4) is 11.5 Å². The number of phenolic OH excluding ortho intramolecular Hbond substituents is 1. The molecular formula is C25H35NO6S2. The number of unbranched alkanes of at least 4 members (excludes halogenated alkanes) is 1. The Hall–Kier alpha value is -2.07. The van der Waals surface area contributed by atoms with Crippen LogP contribution in [0.5, 0.6) is 11.5 Å². The minimum absolute atomic E-state index is 0.173. The Kier molecular flexibility index (Phi) is 8.67. The van der Waals surface area contributed by atoms with Gasteiger partial charge in [0, 0.05) is 29.5 Å². The largest absolute Gasteiger partial charge is 0.508 e. The normalized spacial score (nSPS) is 20.2. The van der Waals surface area contributed by atoms with Crippen molar-refractivity contribution >= 4 is 39.7 Å². The highest BCUT2D eigenvalue weighted by molar-refractivity contribution is 8.24. The molecule has 1 aliphatic heterocycles. The van der Waals surface area contributed by atoms with Crippen molar-refractivity contribution in [2.75, 3.05) is 37.2 Å². The van der Waals surface area contributed by atoms with Gasteiger partial charge in [-0.3, -0.25) is 9.11 Å². The topological polar surface area (TPSA) is 99.5 Å². The predicted octanol–water partition coefficient (Wildman–Crippen LogP) is 6.51. The van der Waals surface area contributed by atoms with Gasteiger partial charge >= 0.3 is 5.97 Å². The third-order valence-electron chi connectivity index (χ3n) is 6.43. The molecular weight excluding hydrogens is 474 g/mol. The Morgan fingerprint density at radius 1 is 1.21 bits per heavy atom. The van der Waals surface area contributed by atoms with Gasteiger partial charge in [0.2, 0.25) is 0 Å².